The van der Waals surface area contributed by atoms with Crippen LogP contribution in [0.5, 0.6) is 0 Å². The van der Waals surface area contributed by atoms with Crippen molar-refractivity contribution in [3.63, 3.8) is 0 Å². The van der Waals surface area contributed by atoms with Gasteiger partial charge in [-0.15, -0.1) is 0 Å². The molecule has 0 spiro atoms. The summed E-state index contributed by atoms with van der Waals surface area (Å²) in [6.45, 7) is 29.7. The minimum absolute atomic E-state index is 0.0283. The van der Waals surface area contributed by atoms with Crippen molar-refractivity contribution in [2.45, 2.75) is 104 Å². The highest BCUT2D eigenvalue weighted by Gasteiger charge is 2.34. The van der Waals surface area contributed by atoms with Crippen LogP contribution < -0.4 is 0 Å². The summed E-state index contributed by atoms with van der Waals surface area (Å²) in [7, 11) is -0.0922. The number of nitrogens with zero attached hydrogens (tertiary/aromatic N) is 1. The second kappa shape index (κ2) is 8.27. The molecule has 0 aliphatic carbocycles. The molecule has 0 rings (SSSR count). The fourth-order valence-electron chi connectivity index (χ4n) is 3.62. The summed E-state index contributed by atoms with van der Waals surface area (Å²) in [6, 6.07) is 0. The molecule has 3 heteroatoms. The molecular formula is C20H43NP2. The van der Waals surface area contributed by atoms with Crippen LogP contribution >= 0.6 is 15.8 Å². The van der Waals surface area contributed by atoms with E-state index in [0.717, 1.165) is 12.7 Å². The molecule has 1 nitrogen and oxygen atoms in total. The van der Waals surface area contributed by atoms with E-state index in [9.17, 15) is 0 Å². The monoisotopic (exact) mass is 359 g/mol. The van der Waals surface area contributed by atoms with Gasteiger partial charge in [0.2, 0.25) is 0 Å². The van der Waals surface area contributed by atoms with Gasteiger partial charge in [0, 0.05) is 18.9 Å². The summed E-state index contributed by atoms with van der Waals surface area (Å²) in [5.74, 6) is 0. The second-order valence-electron chi connectivity index (χ2n) is 10.5. The molecule has 0 fully saturated rings. The molecule has 0 bridgehead atoms. The molecule has 0 N–H and O–H groups in total. The van der Waals surface area contributed by atoms with E-state index < -0.39 is 0 Å². The van der Waals surface area contributed by atoms with Gasteiger partial charge in [-0.25, -0.2) is 0 Å². The maximum absolute atomic E-state index is 4.81. The molecule has 0 aliphatic heterocycles. The van der Waals surface area contributed by atoms with E-state index in [-0.39, 0.29) is 15.8 Å². The number of hydrogen-bond acceptors (Lipinski definition) is 1. The third-order valence-electron chi connectivity index (χ3n) is 4.09. The van der Waals surface area contributed by atoms with E-state index in [1.54, 1.807) is 0 Å². The second-order valence-corrected chi connectivity index (χ2v) is 18.4. The van der Waals surface area contributed by atoms with Gasteiger partial charge in [-0.3, -0.25) is 4.99 Å². The lowest BCUT2D eigenvalue weighted by Crippen LogP contribution is -2.27. The predicted octanol–water partition coefficient (Wildman–Crippen LogP) is 7.22. The van der Waals surface area contributed by atoms with Crippen molar-refractivity contribution in [1.29, 1.82) is 0 Å². The Labute approximate surface area is 150 Å². The van der Waals surface area contributed by atoms with Gasteiger partial charge in [0.25, 0.3) is 0 Å². The molecule has 138 valence electrons. The number of hydrogen-bond donors (Lipinski definition) is 0. The number of aliphatic imine (C=N–C) groups is 1. The summed E-state index contributed by atoms with van der Waals surface area (Å²) in [6.07, 6.45) is 4.65. The van der Waals surface area contributed by atoms with Crippen LogP contribution in [0.4, 0.5) is 0 Å². The Morgan fingerprint density at radius 2 is 0.957 bits per heavy atom. The van der Waals surface area contributed by atoms with Crippen molar-refractivity contribution in [3.05, 3.63) is 0 Å². The van der Waals surface area contributed by atoms with E-state index in [1.807, 2.05) is 0 Å². The highest BCUT2D eigenvalue weighted by atomic mass is 31.1. The third-order valence-corrected chi connectivity index (χ3v) is 11.7. The average molecular weight is 360 g/mol. The quantitative estimate of drug-likeness (QED) is 0.363. The van der Waals surface area contributed by atoms with Gasteiger partial charge >= 0.3 is 0 Å². The van der Waals surface area contributed by atoms with Crippen LogP contribution in [0.15, 0.2) is 4.99 Å². The van der Waals surface area contributed by atoms with Crippen LogP contribution in [0.25, 0.3) is 0 Å². The SMILES string of the molecule is CC(C)(C)P(CC=NCCP(C(C)(C)C)C(C)(C)C)C(C)(C)C. The van der Waals surface area contributed by atoms with Gasteiger partial charge in [-0.05, 0) is 26.8 Å². The van der Waals surface area contributed by atoms with Crippen LogP contribution in [0.1, 0.15) is 83.1 Å². The first-order valence-electron chi connectivity index (χ1n) is 9.01. The Kier molecular flexibility index (Phi) is 8.46. The molecule has 23 heavy (non-hydrogen) atoms. The predicted molar refractivity (Wildman–Crippen MR) is 116 cm³/mol. The van der Waals surface area contributed by atoms with Crippen molar-refractivity contribution in [1.82, 2.24) is 0 Å². The van der Waals surface area contributed by atoms with Crippen LogP contribution in [0.3, 0.4) is 0 Å². The summed E-state index contributed by atoms with van der Waals surface area (Å²) in [5, 5.41) is 1.60. The lowest BCUT2D eigenvalue weighted by atomic mass is 10.2. The molecule has 0 heterocycles. The molecule has 0 aliphatic rings. The Bertz CT molecular complexity index is 344. The van der Waals surface area contributed by atoms with E-state index in [2.05, 4.69) is 89.3 Å². The van der Waals surface area contributed by atoms with E-state index in [1.165, 1.54) is 6.16 Å². The number of rotatable bonds is 5. The highest BCUT2D eigenvalue weighted by molar-refractivity contribution is 7.61. The fourth-order valence-corrected chi connectivity index (χ4v) is 10.7. The standard InChI is InChI=1S/C20H43NP2/c1-17(2,3)22(18(4,5)6)15-13-21-14-16-23(19(7,8)9)20(10,11)12/h13H,14-16H2,1-12H3. The Hall–Kier alpha value is 0.530. The Balaban J connectivity index is 4.71. The summed E-state index contributed by atoms with van der Waals surface area (Å²) < 4.78 is 0. The zero-order valence-electron chi connectivity index (χ0n) is 18.0. The van der Waals surface area contributed by atoms with E-state index in [4.69, 9.17) is 4.99 Å². The van der Waals surface area contributed by atoms with Gasteiger partial charge in [-0.1, -0.05) is 98.9 Å². The molecule has 0 unspecified atom stereocenters. The van der Waals surface area contributed by atoms with E-state index >= 15 is 0 Å². The van der Waals surface area contributed by atoms with Crippen LogP contribution in [0, 0.1) is 0 Å². The fraction of sp³-hybridized carbons (Fsp3) is 0.950. The lowest BCUT2D eigenvalue weighted by Gasteiger charge is -2.41. The Morgan fingerprint density at radius 3 is 1.26 bits per heavy atom. The van der Waals surface area contributed by atoms with E-state index in [0.29, 0.717) is 20.6 Å². The highest BCUT2D eigenvalue weighted by Crippen LogP contribution is 2.59. The zero-order chi connectivity index (χ0) is 18.7. The van der Waals surface area contributed by atoms with Crippen LogP contribution in [-0.4, -0.2) is 45.7 Å². The maximum Gasteiger partial charge on any atom is 0.0425 e. The molecule has 0 amide bonds. The zero-order valence-corrected chi connectivity index (χ0v) is 19.8. The molecule has 0 radical (unpaired) electrons. The van der Waals surface area contributed by atoms with Gasteiger partial charge in [0.15, 0.2) is 0 Å². The molecular weight excluding hydrogens is 316 g/mol. The van der Waals surface area contributed by atoms with Crippen molar-refractivity contribution >= 4 is 22.1 Å². The molecule has 0 saturated heterocycles. The maximum atomic E-state index is 4.81. The van der Waals surface area contributed by atoms with Crippen molar-refractivity contribution in [2.24, 2.45) is 4.99 Å². The average Bonchev–Trinajstić information content (AvgIpc) is 2.19. The largest absolute Gasteiger partial charge is 0.297 e. The van der Waals surface area contributed by atoms with Crippen molar-refractivity contribution in [2.75, 3.05) is 18.9 Å². The van der Waals surface area contributed by atoms with Gasteiger partial charge in [0.1, 0.15) is 0 Å². The first-order chi connectivity index (χ1) is 9.97. The minimum Gasteiger partial charge on any atom is -0.297 e. The van der Waals surface area contributed by atoms with Gasteiger partial charge in [-0.2, -0.15) is 0 Å². The van der Waals surface area contributed by atoms with Crippen molar-refractivity contribution < 1.29 is 0 Å². The lowest BCUT2D eigenvalue weighted by molar-refractivity contribution is 0.703. The summed E-state index contributed by atoms with van der Waals surface area (Å²) in [5.41, 5.74) is 0. The summed E-state index contributed by atoms with van der Waals surface area (Å²) >= 11 is 0. The molecule has 0 aromatic heterocycles. The van der Waals surface area contributed by atoms with Gasteiger partial charge < -0.3 is 0 Å². The Morgan fingerprint density at radius 1 is 0.609 bits per heavy atom. The minimum atomic E-state index is -0.0639. The third kappa shape index (κ3) is 8.97. The molecule has 0 atom stereocenters. The van der Waals surface area contributed by atoms with Crippen LogP contribution in [0.2, 0.25) is 0 Å². The summed E-state index contributed by atoms with van der Waals surface area (Å²) in [4.78, 5) is 4.81. The first-order valence-corrected chi connectivity index (χ1v) is 12.1. The van der Waals surface area contributed by atoms with Gasteiger partial charge in [0.05, 0.1) is 0 Å². The van der Waals surface area contributed by atoms with Crippen molar-refractivity contribution in [3.8, 4) is 0 Å². The van der Waals surface area contributed by atoms with Crippen LogP contribution in [-0.2, 0) is 0 Å². The smallest absolute Gasteiger partial charge is 0.0425 e. The molecule has 0 aromatic carbocycles. The molecule has 0 aromatic rings. The topological polar surface area (TPSA) is 12.4 Å². The normalized spacial score (nSPS) is 15.2. The molecule has 0 saturated carbocycles. The first kappa shape index (κ1) is 23.5.